The normalized spacial score (nSPS) is 10.6. The van der Waals surface area contributed by atoms with Crippen molar-refractivity contribution in [3.05, 3.63) is 107 Å². The maximum atomic E-state index is 12.8. The summed E-state index contributed by atoms with van der Waals surface area (Å²) in [7, 11) is 0. The van der Waals surface area contributed by atoms with E-state index in [0.717, 1.165) is 22.3 Å². The van der Waals surface area contributed by atoms with E-state index in [9.17, 15) is 4.79 Å². The van der Waals surface area contributed by atoms with E-state index in [1.165, 1.54) is 0 Å². The zero-order valence-electron chi connectivity index (χ0n) is 13.6. The molecular weight excluding hydrogens is 308 g/mol. The van der Waals surface area contributed by atoms with Crippen LogP contribution in [-0.4, -0.2) is 0 Å². The Morgan fingerprint density at radius 2 is 1.04 bits per heavy atom. The molecule has 0 N–H and O–H groups in total. The fourth-order valence-corrected chi connectivity index (χ4v) is 2.96. The minimum absolute atomic E-state index is 0.327. The van der Waals surface area contributed by atoms with Gasteiger partial charge in [-0.15, -0.1) is 0 Å². The predicted octanol–water partition coefficient (Wildman–Crippen LogP) is 5.64. The molecular formula is C23H16O2. The number of rotatable bonds is 3. The highest BCUT2D eigenvalue weighted by molar-refractivity contribution is 5.84. The second kappa shape index (κ2) is 6.62. The molecule has 0 bridgehead atoms. The molecule has 4 aromatic rings. The summed E-state index contributed by atoms with van der Waals surface area (Å²) in [6.45, 7) is 0. The molecule has 0 radical (unpaired) electrons. The van der Waals surface area contributed by atoms with Gasteiger partial charge < -0.3 is 4.42 Å². The molecule has 1 heterocycles. The van der Waals surface area contributed by atoms with Crippen molar-refractivity contribution in [2.24, 2.45) is 0 Å². The SMILES string of the molecule is O=c1oc(-c2ccccc2)cc(-c2ccccc2)c1-c1ccccc1. The molecule has 0 saturated heterocycles. The lowest BCUT2D eigenvalue weighted by atomic mass is 9.95. The van der Waals surface area contributed by atoms with Gasteiger partial charge in [-0.25, -0.2) is 4.79 Å². The molecule has 3 aromatic carbocycles. The molecule has 120 valence electrons. The molecule has 0 amide bonds. The molecule has 0 spiro atoms. The van der Waals surface area contributed by atoms with Gasteiger partial charge in [-0.1, -0.05) is 91.0 Å². The topological polar surface area (TPSA) is 30.2 Å². The monoisotopic (exact) mass is 324 g/mol. The van der Waals surface area contributed by atoms with Gasteiger partial charge in [-0.3, -0.25) is 0 Å². The Morgan fingerprint density at radius 3 is 1.60 bits per heavy atom. The Kier molecular flexibility index (Phi) is 4.01. The van der Waals surface area contributed by atoms with Crippen molar-refractivity contribution in [1.29, 1.82) is 0 Å². The Labute approximate surface area is 146 Å². The lowest BCUT2D eigenvalue weighted by molar-refractivity contribution is 0.529. The highest BCUT2D eigenvalue weighted by Gasteiger charge is 2.16. The third-order valence-electron chi connectivity index (χ3n) is 4.16. The average molecular weight is 324 g/mol. The number of benzene rings is 3. The lowest BCUT2D eigenvalue weighted by Gasteiger charge is -2.11. The maximum absolute atomic E-state index is 12.8. The van der Waals surface area contributed by atoms with Gasteiger partial charge in [-0.05, 0) is 17.2 Å². The van der Waals surface area contributed by atoms with Gasteiger partial charge in [0.2, 0.25) is 0 Å². The minimum Gasteiger partial charge on any atom is -0.422 e. The summed E-state index contributed by atoms with van der Waals surface area (Å²) in [6, 6.07) is 31.2. The van der Waals surface area contributed by atoms with E-state index in [4.69, 9.17) is 4.42 Å². The molecule has 0 unspecified atom stereocenters. The van der Waals surface area contributed by atoms with Gasteiger partial charge >= 0.3 is 5.63 Å². The Hall–Kier alpha value is -3.39. The first kappa shape index (κ1) is 15.2. The summed E-state index contributed by atoms with van der Waals surface area (Å²) < 4.78 is 5.66. The summed E-state index contributed by atoms with van der Waals surface area (Å²) >= 11 is 0. The van der Waals surface area contributed by atoms with Crippen LogP contribution in [0.1, 0.15) is 0 Å². The molecule has 2 nitrogen and oxygen atoms in total. The van der Waals surface area contributed by atoms with Crippen LogP contribution in [0.4, 0.5) is 0 Å². The third kappa shape index (κ3) is 3.02. The molecule has 2 heteroatoms. The molecule has 1 aromatic heterocycles. The van der Waals surface area contributed by atoms with E-state index in [0.29, 0.717) is 11.3 Å². The van der Waals surface area contributed by atoms with Gasteiger partial charge in [0.1, 0.15) is 5.76 Å². The summed E-state index contributed by atoms with van der Waals surface area (Å²) in [4.78, 5) is 12.8. The van der Waals surface area contributed by atoms with Crippen LogP contribution < -0.4 is 5.63 Å². The van der Waals surface area contributed by atoms with E-state index in [1.807, 2.05) is 97.1 Å². The largest absolute Gasteiger partial charge is 0.422 e. The Balaban J connectivity index is 2.01. The predicted molar refractivity (Wildman–Crippen MR) is 101 cm³/mol. The molecule has 25 heavy (non-hydrogen) atoms. The smallest absolute Gasteiger partial charge is 0.344 e. The van der Waals surface area contributed by atoms with Crippen LogP contribution in [0.15, 0.2) is 106 Å². The van der Waals surface area contributed by atoms with Crippen molar-refractivity contribution in [3.63, 3.8) is 0 Å². The fraction of sp³-hybridized carbons (Fsp3) is 0. The van der Waals surface area contributed by atoms with Gasteiger partial charge in [0, 0.05) is 11.1 Å². The van der Waals surface area contributed by atoms with E-state index in [1.54, 1.807) is 0 Å². The zero-order valence-corrected chi connectivity index (χ0v) is 13.6. The Bertz CT molecular complexity index is 1030. The standard InChI is InChI=1S/C23H16O2/c24-23-22(19-14-8-3-9-15-19)20(17-10-4-1-5-11-17)16-21(25-23)18-12-6-2-7-13-18/h1-16H. The van der Waals surface area contributed by atoms with Crippen LogP contribution in [0.2, 0.25) is 0 Å². The van der Waals surface area contributed by atoms with Crippen LogP contribution in [0, 0.1) is 0 Å². The van der Waals surface area contributed by atoms with E-state index >= 15 is 0 Å². The van der Waals surface area contributed by atoms with Crippen molar-refractivity contribution < 1.29 is 4.42 Å². The van der Waals surface area contributed by atoms with E-state index < -0.39 is 0 Å². The van der Waals surface area contributed by atoms with E-state index in [2.05, 4.69) is 0 Å². The van der Waals surface area contributed by atoms with Crippen LogP contribution in [0.5, 0.6) is 0 Å². The summed E-state index contributed by atoms with van der Waals surface area (Å²) in [5.41, 5.74) is 3.87. The molecule has 4 rings (SSSR count). The molecule has 0 atom stereocenters. The first-order chi connectivity index (χ1) is 12.3. The zero-order chi connectivity index (χ0) is 17.1. The quantitative estimate of drug-likeness (QED) is 0.488. The fourth-order valence-electron chi connectivity index (χ4n) is 2.96. The van der Waals surface area contributed by atoms with Gasteiger partial charge in [-0.2, -0.15) is 0 Å². The van der Waals surface area contributed by atoms with Crippen LogP contribution in [0.3, 0.4) is 0 Å². The van der Waals surface area contributed by atoms with Crippen LogP contribution >= 0.6 is 0 Å². The minimum atomic E-state index is -0.327. The molecule has 0 aliphatic carbocycles. The summed E-state index contributed by atoms with van der Waals surface area (Å²) in [5.74, 6) is 0.573. The summed E-state index contributed by atoms with van der Waals surface area (Å²) in [5, 5.41) is 0. The Morgan fingerprint density at radius 1 is 0.560 bits per heavy atom. The molecule has 0 saturated carbocycles. The molecule has 0 fully saturated rings. The summed E-state index contributed by atoms with van der Waals surface area (Å²) in [6.07, 6.45) is 0. The lowest BCUT2D eigenvalue weighted by Crippen LogP contribution is -2.06. The number of hydrogen-bond acceptors (Lipinski definition) is 2. The second-order valence-corrected chi connectivity index (χ2v) is 5.78. The molecule has 0 aliphatic rings. The maximum Gasteiger partial charge on any atom is 0.344 e. The van der Waals surface area contributed by atoms with Crippen molar-refractivity contribution >= 4 is 0 Å². The highest BCUT2D eigenvalue weighted by atomic mass is 16.4. The van der Waals surface area contributed by atoms with Gasteiger partial charge in [0.05, 0.1) is 5.56 Å². The first-order valence-corrected chi connectivity index (χ1v) is 8.17. The van der Waals surface area contributed by atoms with Crippen molar-refractivity contribution in [2.75, 3.05) is 0 Å². The van der Waals surface area contributed by atoms with Gasteiger partial charge in [0.25, 0.3) is 0 Å². The van der Waals surface area contributed by atoms with Crippen molar-refractivity contribution in [2.45, 2.75) is 0 Å². The highest BCUT2D eigenvalue weighted by Crippen LogP contribution is 2.32. The number of hydrogen-bond donors (Lipinski definition) is 0. The van der Waals surface area contributed by atoms with Crippen LogP contribution in [0.25, 0.3) is 33.6 Å². The van der Waals surface area contributed by atoms with E-state index in [-0.39, 0.29) is 5.63 Å². The first-order valence-electron chi connectivity index (χ1n) is 8.17. The van der Waals surface area contributed by atoms with Crippen molar-refractivity contribution in [3.8, 4) is 33.6 Å². The average Bonchev–Trinajstić information content (AvgIpc) is 2.69. The van der Waals surface area contributed by atoms with Crippen molar-refractivity contribution in [1.82, 2.24) is 0 Å². The second-order valence-electron chi connectivity index (χ2n) is 5.78. The molecule has 0 aliphatic heterocycles. The third-order valence-corrected chi connectivity index (χ3v) is 4.16. The van der Waals surface area contributed by atoms with Crippen LogP contribution in [-0.2, 0) is 0 Å². The van der Waals surface area contributed by atoms with Gasteiger partial charge in [0.15, 0.2) is 0 Å².